The van der Waals surface area contributed by atoms with Gasteiger partial charge in [0.05, 0.1) is 7.11 Å². The molecule has 1 N–H and O–H groups in total. The third-order valence-electron chi connectivity index (χ3n) is 4.71. The first kappa shape index (κ1) is 16.3. The summed E-state index contributed by atoms with van der Waals surface area (Å²) in [4.78, 5) is 0.258. The van der Waals surface area contributed by atoms with Gasteiger partial charge in [0.1, 0.15) is 10.6 Å². The van der Waals surface area contributed by atoms with Crippen LogP contribution in [0.3, 0.4) is 0 Å². The Hall–Kier alpha value is -1.07. The van der Waals surface area contributed by atoms with E-state index in [9.17, 15) is 8.42 Å². The van der Waals surface area contributed by atoms with Crippen molar-refractivity contribution in [2.45, 2.75) is 44.0 Å². The van der Waals surface area contributed by atoms with Crippen molar-refractivity contribution in [1.82, 2.24) is 5.32 Å². The van der Waals surface area contributed by atoms with Gasteiger partial charge in [0.15, 0.2) is 9.84 Å². The second-order valence-corrected chi connectivity index (χ2v) is 8.39. The van der Waals surface area contributed by atoms with Crippen LogP contribution < -0.4 is 10.1 Å². The second kappa shape index (κ2) is 5.61. The average Bonchev–Trinajstić information content (AvgIpc) is 2.41. The van der Waals surface area contributed by atoms with Crippen molar-refractivity contribution in [1.29, 1.82) is 0 Å². The molecule has 0 bridgehead atoms. The maximum atomic E-state index is 11.8. The van der Waals surface area contributed by atoms with Gasteiger partial charge in [0, 0.05) is 12.3 Å². The quantitative estimate of drug-likeness (QED) is 0.908. The molecule has 118 valence electrons. The van der Waals surface area contributed by atoms with Gasteiger partial charge in [-0.3, -0.25) is 0 Å². The van der Waals surface area contributed by atoms with Crippen LogP contribution in [0, 0.1) is 5.41 Å². The molecule has 4 nitrogen and oxygen atoms in total. The van der Waals surface area contributed by atoms with Crippen LogP contribution in [-0.2, 0) is 9.84 Å². The highest BCUT2D eigenvalue weighted by Crippen LogP contribution is 2.53. The number of hydrogen-bond donors (Lipinski definition) is 1. The predicted molar refractivity (Wildman–Crippen MR) is 84.7 cm³/mol. The fourth-order valence-electron chi connectivity index (χ4n) is 3.29. The van der Waals surface area contributed by atoms with E-state index in [1.54, 1.807) is 6.07 Å². The summed E-state index contributed by atoms with van der Waals surface area (Å²) in [6.07, 6.45) is 2.28. The molecule has 0 saturated heterocycles. The molecule has 2 rings (SSSR count). The number of hydrogen-bond acceptors (Lipinski definition) is 4. The minimum absolute atomic E-state index is 0.160. The smallest absolute Gasteiger partial charge is 0.179 e. The summed E-state index contributed by atoms with van der Waals surface area (Å²) in [6, 6.07) is 5.98. The Balaban J connectivity index is 2.32. The summed E-state index contributed by atoms with van der Waals surface area (Å²) in [5, 5.41) is 3.51. The van der Waals surface area contributed by atoms with Gasteiger partial charge in [0.2, 0.25) is 0 Å². The van der Waals surface area contributed by atoms with Crippen molar-refractivity contribution in [2.24, 2.45) is 5.41 Å². The fourth-order valence-corrected chi connectivity index (χ4v) is 4.11. The van der Waals surface area contributed by atoms with Crippen molar-refractivity contribution < 1.29 is 13.2 Å². The lowest BCUT2D eigenvalue weighted by molar-refractivity contribution is 0.0705. The summed E-state index contributed by atoms with van der Waals surface area (Å²) in [7, 11) is -1.75. The number of sulfone groups is 1. The van der Waals surface area contributed by atoms with E-state index in [4.69, 9.17) is 4.74 Å². The van der Waals surface area contributed by atoms with Gasteiger partial charge >= 0.3 is 0 Å². The molecule has 1 aromatic rings. The Bertz CT molecular complexity index is 622. The lowest BCUT2D eigenvalue weighted by Crippen LogP contribution is -2.55. The van der Waals surface area contributed by atoms with Crippen molar-refractivity contribution in [3.63, 3.8) is 0 Å². The van der Waals surface area contributed by atoms with Crippen LogP contribution in [0.15, 0.2) is 23.1 Å². The van der Waals surface area contributed by atoms with E-state index in [1.807, 2.05) is 12.1 Å². The summed E-state index contributed by atoms with van der Waals surface area (Å²) >= 11 is 0. The third-order valence-corrected chi connectivity index (χ3v) is 5.84. The molecule has 1 fully saturated rings. The van der Waals surface area contributed by atoms with Crippen LogP contribution in [0.1, 0.15) is 38.7 Å². The van der Waals surface area contributed by atoms with Gasteiger partial charge in [-0.1, -0.05) is 26.8 Å². The molecule has 0 aliphatic heterocycles. The molecule has 1 saturated carbocycles. The van der Waals surface area contributed by atoms with Crippen molar-refractivity contribution in [2.75, 3.05) is 19.9 Å². The lowest BCUT2D eigenvalue weighted by atomic mass is 9.56. The van der Waals surface area contributed by atoms with Crippen molar-refractivity contribution >= 4 is 9.84 Å². The highest BCUT2D eigenvalue weighted by Gasteiger charge is 2.48. The molecular formula is C16H25NO3S. The van der Waals surface area contributed by atoms with Gasteiger partial charge in [0.25, 0.3) is 0 Å². The molecule has 2 atom stereocenters. The van der Waals surface area contributed by atoms with E-state index < -0.39 is 9.84 Å². The van der Waals surface area contributed by atoms with Crippen LogP contribution in [0.25, 0.3) is 0 Å². The molecule has 5 heteroatoms. The summed E-state index contributed by atoms with van der Waals surface area (Å²) < 4.78 is 28.8. The maximum Gasteiger partial charge on any atom is 0.179 e. The van der Waals surface area contributed by atoms with Crippen molar-refractivity contribution in [3.8, 4) is 5.75 Å². The molecule has 0 spiro atoms. The molecule has 1 aromatic carbocycles. The SMILES string of the molecule is CCNC1CC(c2ccc(S(C)(=O)=O)c(OC)c2)C1(C)C. The number of ether oxygens (including phenoxy) is 1. The van der Waals surface area contributed by atoms with Crippen LogP contribution >= 0.6 is 0 Å². The zero-order valence-corrected chi connectivity index (χ0v) is 14.3. The van der Waals surface area contributed by atoms with E-state index in [2.05, 4.69) is 26.1 Å². The van der Waals surface area contributed by atoms with Gasteiger partial charge in [-0.15, -0.1) is 0 Å². The van der Waals surface area contributed by atoms with E-state index in [0.717, 1.165) is 18.5 Å². The first-order chi connectivity index (χ1) is 9.71. The molecule has 2 unspecified atom stereocenters. The Labute approximate surface area is 127 Å². The number of benzene rings is 1. The fraction of sp³-hybridized carbons (Fsp3) is 0.625. The molecular weight excluding hydrogens is 286 g/mol. The highest BCUT2D eigenvalue weighted by molar-refractivity contribution is 7.90. The van der Waals surface area contributed by atoms with Crippen LogP contribution in [0.5, 0.6) is 5.75 Å². The topological polar surface area (TPSA) is 55.4 Å². The van der Waals surface area contributed by atoms with Gasteiger partial charge in [-0.2, -0.15) is 0 Å². The molecule has 21 heavy (non-hydrogen) atoms. The largest absolute Gasteiger partial charge is 0.495 e. The minimum atomic E-state index is -3.26. The van der Waals surface area contributed by atoms with E-state index in [-0.39, 0.29) is 10.3 Å². The Kier molecular flexibility index (Phi) is 4.36. The van der Waals surface area contributed by atoms with Crippen LogP contribution in [0.2, 0.25) is 0 Å². The van der Waals surface area contributed by atoms with Gasteiger partial charge < -0.3 is 10.1 Å². The number of methoxy groups -OCH3 is 1. The summed E-state index contributed by atoms with van der Waals surface area (Å²) in [6.45, 7) is 7.60. The minimum Gasteiger partial charge on any atom is -0.495 e. The molecule has 0 radical (unpaired) electrons. The van der Waals surface area contributed by atoms with Gasteiger partial charge in [-0.25, -0.2) is 8.42 Å². The first-order valence-electron chi connectivity index (χ1n) is 7.33. The zero-order chi connectivity index (χ0) is 15.8. The summed E-state index contributed by atoms with van der Waals surface area (Å²) in [5.41, 5.74) is 1.31. The summed E-state index contributed by atoms with van der Waals surface area (Å²) in [5.74, 6) is 0.863. The third kappa shape index (κ3) is 2.94. The van der Waals surface area contributed by atoms with Crippen LogP contribution in [-0.4, -0.2) is 34.4 Å². The van der Waals surface area contributed by atoms with Crippen molar-refractivity contribution in [3.05, 3.63) is 23.8 Å². The maximum absolute atomic E-state index is 11.8. The van der Waals surface area contributed by atoms with E-state index in [1.165, 1.54) is 13.4 Å². The molecule has 0 amide bonds. The van der Waals surface area contributed by atoms with Crippen LogP contribution in [0.4, 0.5) is 0 Å². The molecule has 0 aromatic heterocycles. The van der Waals surface area contributed by atoms with E-state index in [0.29, 0.717) is 17.7 Å². The van der Waals surface area contributed by atoms with Gasteiger partial charge in [-0.05, 0) is 42.0 Å². The Morgan fingerprint density at radius 2 is 2.05 bits per heavy atom. The zero-order valence-electron chi connectivity index (χ0n) is 13.4. The molecule has 1 aliphatic carbocycles. The standard InChI is InChI=1S/C16H25NO3S/c1-6-17-15-10-12(16(15,2)3)11-7-8-14(21(5,18)19)13(9-11)20-4/h7-9,12,15,17H,6,10H2,1-5H3. The Morgan fingerprint density at radius 3 is 2.52 bits per heavy atom. The number of rotatable bonds is 5. The normalized spacial score (nSPS) is 24.4. The highest BCUT2D eigenvalue weighted by atomic mass is 32.2. The molecule has 1 aliphatic rings. The number of nitrogens with one attached hydrogen (secondary N) is 1. The van der Waals surface area contributed by atoms with E-state index >= 15 is 0 Å². The average molecular weight is 311 g/mol. The first-order valence-corrected chi connectivity index (χ1v) is 9.22. The second-order valence-electron chi connectivity index (χ2n) is 6.40. The monoisotopic (exact) mass is 311 g/mol. The lowest BCUT2D eigenvalue weighted by Gasteiger charge is -2.53. The Morgan fingerprint density at radius 1 is 1.38 bits per heavy atom. The predicted octanol–water partition coefficient (Wildman–Crippen LogP) is 2.59. The molecule has 0 heterocycles.